The van der Waals surface area contributed by atoms with Gasteiger partial charge in [-0.2, -0.15) is 0 Å². The summed E-state index contributed by atoms with van der Waals surface area (Å²) in [4.78, 5) is 31.5. The Morgan fingerprint density at radius 3 is 2.38 bits per heavy atom. The Labute approximate surface area is 141 Å². The molecule has 0 unspecified atom stereocenters. The van der Waals surface area contributed by atoms with Gasteiger partial charge in [0.2, 0.25) is 0 Å². The van der Waals surface area contributed by atoms with Gasteiger partial charge < -0.3 is 19.5 Å². The van der Waals surface area contributed by atoms with E-state index in [-0.39, 0.29) is 12.0 Å². The summed E-state index contributed by atoms with van der Waals surface area (Å²) in [5.74, 6) is 0.00374. The number of benzene rings is 1. The van der Waals surface area contributed by atoms with E-state index in [2.05, 4.69) is 4.98 Å². The number of fused-ring (bicyclic) bond motifs is 1. The molecule has 128 valence electrons. The molecule has 2 amide bonds. The van der Waals surface area contributed by atoms with E-state index in [1.165, 1.54) is 0 Å². The number of nitrogens with one attached hydrogen (secondary N) is 1. The van der Waals surface area contributed by atoms with Crippen LogP contribution in [0.5, 0.6) is 0 Å². The van der Waals surface area contributed by atoms with Crippen molar-refractivity contribution < 1.29 is 14.3 Å². The van der Waals surface area contributed by atoms with Crippen LogP contribution in [0.4, 0.5) is 4.79 Å². The van der Waals surface area contributed by atoms with Gasteiger partial charge in [0.05, 0.1) is 0 Å². The summed E-state index contributed by atoms with van der Waals surface area (Å²) in [6, 6.07) is 7.59. The predicted octanol–water partition coefficient (Wildman–Crippen LogP) is 2.86. The molecule has 1 aliphatic heterocycles. The van der Waals surface area contributed by atoms with Crippen molar-refractivity contribution >= 4 is 22.9 Å². The van der Waals surface area contributed by atoms with Gasteiger partial charge in [-0.3, -0.25) is 4.79 Å². The van der Waals surface area contributed by atoms with Crippen molar-refractivity contribution in [3.63, 3.8) is 0 Å². The lowest BCUT2D eigenvalue weighted by Gasteiger charge is -2.35. The third-order valence-corrected chi connectivity index (χ3v) is 4.04. The topological polar surface area (TPSA) is 65.6 Å². The van der Waals surface area contributed by atoms with Crippen LogP contribution in [0, 0.1) is 0 Å². The summed E-state index contributed by atoms with van der Waals surface area (Å²) < 4.78 is 5.38. The molecule has 2 aromatic rings. The highest BCUT2D eigenvalue weighted by molar-refractivity contribution is 6.06. The predicted molar refractivity (Wildman–Crippen MR) is 92.0 cm³/mol. The lowest BCUT2D eigenvalue weighted by Crippen LogP contribution is -2.51. The molecule has 0 atom stereocenters. The van der Waals surface area contributed by atoms with E-state index in [0.717, 1.165) is 10.9 Å². The number of aromatic amines is 1. The van der Waals surface area contributed by atoms with Crippen LogP contribution in [-0.4, -0.2) is 58.6 Å². The molecule has 0 spiro atoms. The second-order valence-corrected chi connectivity index (χ2v) is 7.00. The van der Waals surface area contributed by atoms with Gasteiger partial charge in [0, 0.05) is 48.8 Å². The summed E-state index contributed by atoms with van der Waals surface area (Å²) in [6.07, 6.45) is 1.52. The number of nitrogens with zero attached hydrogens (tertiary/aromatic N) is 2. The Kier molecular flexibility index (Phi) is 4.22. The van der Waals surface area contributed by atoms with Crippen LogP contribution in [0.3, 0.4) is 0 Å². The third-order valence-electron chi connectivity index (χ3n) is 4.04. The monoisotopic (exact) mass is 329 g/mol. The summed E-state index contributed by atoms with van der Waals surface area (Å²) in [6.45, 7) is 7.55. The van der Waals surface area contributed by atoms with Gasteiger partial charge in [-0.25, -0.2) is 4.79 Å². The molecule has 2 heterocycles. The largest absolute Gasteiger partial charge is 0.444 e. The van der Waals surface area contributed by atoms with Crippen molar-refractivity contribution in [3.05, 3.63) is 36.0 Å². The number of aromatic nitrogens is 1. The second kappa shape index (κ2) is 6.19. The Bertz CT molecular complexity index is 752. The van der Waals surface area contributed by atoms with Gasteiger partial charge in [0.1, 0.15) is 5.60 Å². The number of rotatable bonds is 1. The average molecular weight is 329 g/mol. The normalized spacial score (nSPS) is 15.6. The SMILES string of the molecule is CC(C)(C)OC(=O)N1CCN(C(=O)c2cccc3[nH]ccc23)CC1. The Morgan fingerprint density at radius 2 is 1.71 bits per heavy atom. The standard InChI is InChI=1S/C18H23N3O3/c1-18(2,3)24-17(23)21-11-9-20(10-12-21)16(22)14-5-4-6-15-13(14)7-8-19-15/h4-8,19H,9-12H2,1-3H3. The van der Waals surface area contributed by atoms with Crippen LogP contribution in [0.15, 0.2) is 30.5 Å². The number of H-pyrrole nitrogens is 1. The van der Waals surface area contributed by atoms with Crippen molar-refractivity contribution in [2.75, 3.05) is 26.2 Å². The zero-order valence-electron chi connectivity index (χ0n) is 14.3. The minimum absolute atomic E-state index is 0.00374. The highest BCUT2D eigenvalue weighted by Crippen LogP contribution is 2.20. The number of ether oxygens (including phenoxy) is 1. The summed E-state index contributed by atoms with van der Waals surface area (Å²) in [7, 11) is 0. The minimum Gasteiger partial charge on any atom is -0.444 e. The Balaban J connectivity index is 1.65. The molecule has 1 aromatic heterocycles. The number of hydrogen-bond donors (Lipinski definition) is 1. The lowest BCUT2D eigenvalue weighted by molar-refractivity contribution is 0.0141. The summed E-state index contributed by atoms with van der Waals surface area (Å²) in [5.41, 5.74) is 1.14. The molecule has 1 aliphatic rings. The first-order valence-electron chi connectivity index (χ1n) is 8.18. The van der Waals surface area contributed by atoms with Crippen LogP contribution >= 0.6 is 0 Å². The van der Waals surface area contributed by atoms with Gasteiger partial charge in [-0.15, -0.1) is 0 Å². The first-order chi connectivity index (χ1) is 11.3. The maximum absolute atomic E-state index is 12.8. The maximum Gasteiger partial charge on any atom is 0.410 e. The quantitative estimate of drug-likeness (QED) is 0.875. The smallest absolute Gasteiger partial charge is 0.410 e. The Morgan fingerprint density at radius 1 is 1.04 bits per heavy atom. The lowest BCUT2D eigenvalue weighted by atomic mass is 10.1. The number of piperazine rings is 1. The van der Waals surface area contributed by atoms with Gasteiger partial charge in [-0.05, 0) is 39.0 Å². The van der Waals surface area contributed by atoms with Crippen molar-refractivity contribution in [1.29, 1.82) is 0 Å². The zero-order valence-corrected chi connectivity index (χ0v) is 14.3. The van der Waals surface area contributed by atoms with Gasteiger partial charge >= 0.3 is 6.09 Å². The average Bonchev–Trinajstić information content (AvgIpc) is 3.01. The number of carbonyl (C=O) groups is 2. The first kappa shape index (κ1) is 16.4. The molecule has 0 aliphatic carbocycles. The molecule has 6 heteroatoms. The summed E-state index contributed by atoms with van der Waals surface area (Å²) in [5, 5.41) is 0.928. The molecular weight excluding hydrogens is 306 g/mol. The van der Waals surface area contributed by atoms with E-state index in [1.807, 2.05) is 51.2 Å². The number of carbonyl (C=O) groups excluding carboxylic acids is 2. The van der Waals surface area contributed by atoms with Crippen molar-refractivity contribution in [3.8, 4) is 0 Å². The molecule has 1 N–H and O–H groups in total. The fraction of sp³-hybridized carbons (Fsp3) is 0.444. The van der Waals surface area contributed by atoms with Crippen LogP contribution in [-0.2, 0) is 4.74 Å². The molecule has 24 heavy (non-hydrogen) atoms. The fourth-order valence-corrected chi connectivity index (χ4v) is 2.86. The van der Waals surface area contributed by atoms with Gasteiger partial charge in [0.15, 0.2) is 0 Å². The molecule has 1 aromatic carbocycles. The van der Waals surface area contributed by atoms with Crippen LogP contribution in [0.1, 0.15) is 31.1 Å². The van der Waals surface area contributed by atoms with Gasteiger partial charge in [-0.1, -0.05) is 6.07 Å². The molecule has 0 bridgehead atoms. The molecule has 1 saturated heterocycles. The fourth-order valence-electron chi connectivity index (χ4n) is 2.86. The van der Waals surface area contributed by atoms with Crippen LogP contribution < -0.4 is 0 Å². The van der Waals surface area contributed by atoms with E-state index < -0.39 is 5.60 Å². The van der Waals surface area contributed by atoms with Crippen LogP contribution in [0.2, 0.25) is 0 Å². The number of hydrogen-bond acceptors (Lipinski definition) is 3. The van der Waals surface area contributed by atoms with E-state index >= 15 is 0 Å². The molecular formula is C18H23N3O3. The van der Waals surface area contributed by atoms with Crippen LogP contribution in [0.25, 0.3) is 10.9 Å². The molecule has 6 nitrogen and oxygen atoms in total. The first-order valence-corrected chi connectivity index (χ1v) is 8.18. The van der Waals surface area contributed by atoms with Crippen molar-refractivity contribution in [1.82, 2.24) is 14.8 Å². The van der Waals surface area contributed by atoms with E-state index in [0.29, 0.717) is 31.7 Å². The second-order valence-electron chi connectivity index (χ2n) is 7.00. The molecule has 0 saturated carbocycles. The highest BCUT2D eigenvalue weighted by atomic mass is 16.6. The summed E-state index contributed by atoms with van der Waals surface area (Å²) >= 11 is 0. The zero-order chi connectivity index (χ0) is 17.3. The van der Waals surface area contributed by atoms with Crippen molar-refractivity contribution in [2.24, 2.45) is 0 Å². The molecule has 0 radical (unpaired) electrons. The molecule has 3 rings (SSSR count). The van der Waals surface area contributed by atoms with E-state index in [1.54, 1.807) is 9.80 Å². The maximum atomic E-state index is 12.8. The third kappa shape index (κ3) is 3.37. The van der Waals surface area contributed by atoms with E-state index in [4.69, 9.17) is 4.74 Å². The number of amides is 2. The minimum atomic E-state index is -0.506. The molecule has 1 fully saturated rings. The van der Waals surface area contributed by atoms with Crippen molar-refractivity contribution in [2.45, 2.75) is 26.4 Å². The Hall–Kier alpha value is -2.50. The highest BCUT2D eigenvalue weighted by Gasteiger charge is 2.28. The van der Waals surface area contributed by atoms with Gasteiger partial charge in [0.25, 0.3) is 5.91 Å². The van der Waals surface area contributed by atoms with E-state index in [9.17, 15) is 9.59 Å².